The predicted molar refractivity (Wildman–Crippen MR) is 59.4 cm³/mol. The molecule has 6 heteroatoms. The molecule has 0 unspecified atom stereocenters. The highest BCUT2D eigenvalue weighted by Crippen LogP contribution is 2.29. The average Bonchev–Trinajstić information content (AvgIpc) is 2.16. The Hall–Kier alpha value is -0.950. The van der Waals surface area contributed by atoms with Gasteiger partial charge >= 0.3 is 0 Å². The van der Waals surface area contributed by atoms with Crippen LogP contribution in [0.25, 0.3) is 0 Å². The highest BCUT2D eigenvalue weighted by Gasteiger charge is 2.39. The number of hydrogen-bond acceptors (Lipinski definition) is 5. The minimum atomic E-state index is -3.14. The van der Waals surface area contributed by atoms with E-state index in [1.165, 1.54) is 6.26 Å². The zero-order valence-electron chi connectivity index (χ0n) is 8.93. The number of nitrogens with two attached hydrogens (primary N) is 1. The molecule has 0 amide bonds. The predicted octanol–water partition coefficient (Wildman–Crippen LogP) is -0.221. The highest BCUT2D eigenvalue weighted by atomic mass is 32.2. The van der Waals surface area contributed by atoms with Gasteiger partial charge in [-0.1, -0.05) is 12.1 Å². The van der Waals surface area contributed by atoms with Gasteiger partial charge in [0.05, 0.1) is 18.1 Å². The van der Waals surface area contributed by atoms with Gasteiger partial charge in [0.2, 0.25) is 0 Å². The molecule has 3 N–H and O–H groups in total. The smallest absolute Gasteiger partial charge is 0.175 e. The van der Waals surface area contributed by atoms with Gasteiger partial charge in [-0.25, -0.2) is 13.8 Å². The molecule has 0 atom stereocenters. The van der Waals surface area contributed by atoms with Crippen molar-refractivity contribution in [3.05, 3.63) is 29.8 Å². The van der Waals surface area contributed by atoms with Gasteiger partial charge in [-0.05, 0) is 17.7 Å². The maximum absolute atomic E-state index is 11.3. The first-order valence-electron chi connectivity index (χ1n) is 4.84. The summed E-state index contributed by atoms with van der Waals surface area (Å²) in [5, 5.41) is 0. The summed E-state index contributed by atoms with van der Waals surface area (Å²) in [4.78, 5) is 0.309. The van der Waals surface area contributed by atoms with Crippen LogP contribution in [0.5, 0.6) is 0 Å². The molecular formula is C10H14N2O3S. The molecule has 1 aromatic rings. The average molecular weight is 242 g/mol. The molecule has 5 nitrogen and oxygen atoms in total. The number of hydrogen-bond donors (Lipinski definition) is 2. The lowest BCUT2D eigenvalue weighted by atomic mass is 9.89. The van der Waals surface area contributed by atoms with Crippen molar-refractivity contribution in [3.63, 3.8) is 0 Å². The van der Waals surface area contributed by atoms with Crippen LogP contribution in [-0.4, -0.2) is 27.9 Å². The lowest BCUT2D eigenvalue weighted by Gasteiger charge is -2.41. The standard InChI is InChI=1S/C10H14N2O3S/c1-16(13,14)9-4-2-8(3-5-9)10(12-11)6-15-7-10/h2-5,12H,6-7,11H2,1H3. The van der Waals surface area contributed by atoms with Gasteiger partial charge in [-0.2, -0.15) is 0 Å². The molecule has 1 aliphatic rings. The summed E-state index contributed by atoms with van der Waals surface area (Å²) in [6.07, 6.45) is 1.19. The quantitative estimate of drug-likeness (QED) is 0.565. The molecule has 0 bridgehead atoms. The maximum Gasteiger partial charge on any atom is 0.175 e. The monoisotopic (exact) mass is 242 g/mol. The molecule has 1 fully saturated rings. The van der Waals surface area contributed by atoms with E-state index in [9.17, 15) is 8.42 Å². The minimum Gasteiger partial charge on any atom is -0.377 e. The molecular weight excluding hydrogens is 228 g/mol. The van der Waals surface area contributed by atoms with Crippen molar-refractivity contribution in [3.8, 4) is 0 Å². The Morgan fingerprint density at radius 1 is 1.31 bits per heavy atom. The van der Waals surface area contributed by atoms with Crippen molar-refractivity contribution in [2.24, 2.45) is 5.84 Å². The van der Waals surface area contributed by atoms with Crippen LogP contribution in [0.4, 0.5) is 0 Å². The zero-order valence-corrected chi connectivity index (χ0v) is 9.75. The molecule has 2 rings (SSSR count). The minimum absolute atomic E-state index is 0.309. The van der Waals surface area contributed by atoms with E-state index < -0.39 is 9.84 Å². The fourth-order valence-electron chi connectivity index (χ4n) is 1.66. The van der Waals surface area contributed by atoms with Crippen LogP contribution >= 0.6 is 0 Å². The molecule has 0 aromatic heterocycles. The number of ether oxygens (including phenoxy) is 1. The van der Waals surface area contributed by atoms with E-state index in [0.29, 0.717) is 18.1 Å². The summed E-state index contributed by atoms with van der Waals surface area (Å²) in [5.74, 6) is 5.48. The van der Waals surface area contributed by atoms with Crippen molar-refractivity contribution in [1.29, 1.82) is 0 Å². The van der Waals surface area contributed by atoms with E-state index in [1.807, 2.05) is 0 Å². The number of nitrogens with one attached hydrogen (secondary N) is 1. The Bertz CT molecular complexity index is 472. The summed E-state index contributed by atoms with van der Waals surface area (Å²) >= 11 is 0. The van der Waals surface area contributed by atoms with Crippen LogP contribution in [0.3, 0.4) is 0 Å². The third-order valence-electron chi connectivity index (χ3n) is 2.81. The van der Waals surface area contributed by atoms with Gasteiger partial charge in [0.1, 0.15) is 5.54 Å². The summed E-state index contributed by atoms with van der Waals surface area (Å²) in [6, 6.07) is 6.70. The van der Waals surface area contributed by atoms with Gasteiger partial charge in [0.15, 0.2) is 9.84 Å². The van der Waals surface area contributed by atoms with Crippen molar-refractivity contribution in [2.45, 2.75) is 10.4 Å². The van der Waals surface area contributed by atoms with Gasteiger partial charge < -0.3 is 4.74 Å². The first-order chi connectivity index (χ1) is 7.48. The summed E-state index contributed by atoms with van der Waals surface area (Å²) < 4.78 is 27.7. The Balaban J connectivity index is 2.33. The van der Waals surface area contributed by atoms with Crippen molar-refractivity contribution < 1.29 is 13.2 Å². The van der Waals surface area contributed by atoms with Crippen LogP contribution in [0.1, 0.15) is 5.56 Å². The van der Waals surface area contributed by atoms with Crippen LogP contribution in [0.2, 0.25) is 0 Å². The van der Waals surface area contributed by atoms with Gasteiger partial charge in [-0.15, -0.1) is 0 Å². The second-order valence-electron chi connectivity index (χ2n) is 4.02. The second kappa shape index (κ2) is 3.81. The summed E-state index contributed by atoms with van der Waals surface area (Å²) in [7, 11) is -3.14. The zero-order chi connectivity index (χ0) is 11.8. The van der Waals surface area contributed by atoms with E-state index in [2.05, 4.69) is 5.43 Å². The van der Waals surface area contributed by atoms with Gasteiger partial charge in [0.25, 0.3) is 0 Å². The Morgan fingerprint density at radius 3 is 2.19 bits per heavy atom. The Labute approximate surface area is 94.5 Å². The highest BCUT2D eigenvalue weighted by molar-refractivity contribution is 7.90. The molecule has 1 aliphatic heterocycles. The molecule has 88 valence electrons. The lowest BCUT2D eigenvalue weighted by Crippen LogP contribution is -2.60. The molecule has 0 radical (unpaired) electrons. The van der Waals surface area contributed by atoms with E-state index in [4.69, 9.17) is 10.6 Å². The van der Waals surface area contributed by atoms with Crippen LogP contribution < -0.4 is 11.3 Å². The third-order valence-corrected chi connectivity index (χ3v) is 3.94. The van der Waals surface area contributed by atoms with E-state index >= 15 is 0 Å². The number of hydrazine groups is 1. The van der Waals surface area contributed by atoms with Crippen molar-refractivity contribution in [2.75, 3.05) is 19.5 Å². The summed E-state index contributed by atoms with van der Waals surface area (Å²) in [6.45, 7) is 1.00. The first-order valence-corrected chi connectivity index (χ1v) is 6.73. The molecule has 16 heavy (non-hydrogen) atoms. The second-order valence-corrected chi connectivity index (χ2v) is 6.03. The Morgan fingerprint density at radius 2 is 1.88 bits per heavy atom. The fourth-order valence-corrected chi connectivity index (χ4v) is 2.29. The molecule has 1 aromatic carbocycles. The van der Waals surface area contributed by atoms with Crippen molar-refractivity contribution >= 4 is 9.84 Å². The number of sulfone groups is 1. The van der Waals surface area contributed by atoms with E-state index in [1.54, 1.807) is 24.3 Å². The molecule has 1 heterocycles. The Kier molecular flexibility index (Phi) is 2.75. The van der Waals surface area contributed by atoms with Crippen LogP contribution in [0.15, 0.2) is 29.2 Å². The summed E-state index contributed by atoms with van der Waals surface area (Å²) in [5.41, 5.74) is 3.29. The third kappa shape index (κ3) is 1.84. The molecule has 0 saturated carbocycles. The van der Waals surface area contributed by atoms with Gasteiger partial charge in [-0.3, -0.25) is 5.84 Å². The molecule has 0 aliphatic carbocycles. The van der Waals surface area contributed by atoms with E-state index in [0.717, 1.165) is 5.56 Å². The SMILES string of the molecule is CS(=O)(=O)c1ccc(C2(NN)COC2)cc1. The molecule has 0 spiro atoms. The largest absolute Gasteiger partial charge is 0.377 e. The van der Waals surface area contributed by atoms with E-state index in [-0.39, 0.29) is 5.54 Å². The van der Waals surface area contributed by atoms with Crippen molar-refractivity contribution in [1.82, 2.24) is 5.43 Å². The topological polar surface area (TPSA) is 81.4 Å². The van der Waals surface area contributed by atoms with Crippen LogP contribution in [-0.2, 0) is 20.1 Å². The fraction of sp³-hybridized carbons (Fsp3) is 0.400. The number of rotatable bonds is 3. The maximum atomic E-state index is 11.3. The normalized spacial score (nSPS) is 19.1. The van der Waals surface area contributed by atoms with Gasteiger partial charge in [0, 0.05) is 6.26 Å². The lowest BCUT2D eigenvalue weighted by molar-refractivity contribution is -0.0787. The first kappa shape index (κ1) is 11.5. The molecule has 1 saturated heterocycles. The number of benzene rings is 1. The van der Waals surface area contributed by atoms with Crippen LogP contribution in [0, 0.1) is 0 Å².